The molecule has 170 valence electrons. The maximum Gasteiger partial charge on any atom is 0.409 e. The highest BCUT2D eigenvalue weighted by Gasteiger charge is 2.19. The molecule has 1 atom stereocenters. The molecular weight excluding hydrogens is 392 g/mol. The minimum absolute atomic E-state index is 0.149. The van der Waals surface area contributed by atoms with Crippen LogP contribution in [0.25, 0.3) is 11.3 Å². The Kier molecular flexibility index (Phi) is 7.93. The van der Waals surface area contributed by atoms with E-state index in [9.17, 15) is 4.79 Å². The highest BCUT2D eigenvalue weighted by Crippen LogP contribution is 2.29. The van der Waals surface area contributed by atoms with Crippen molar-refractivity contribution in [3.05, 3.63) is 29.7 Å². The van der Waals surface area contributed by atoms with E-state index in [1.165, 1.54) is 19.3 Å². The smallest absolute Gasteiger partial charge is 0.409 e. The summed E-state index contributed by atoms with van der Waals surface area (Å²) in [6.45, 7) is 7.04. The highest BCUT2D eigenvalue weighted by molar-refractivity contribution is 5.68. The summed E-state index contributed by atoms with van der Waals surface area (Å²) in [5.41, 5.74) is 3.36. The van der Waals surface area contributed by atoms with E-state index in [0.717, 1.165) is 47.7 Å². The molecule has 1 saturated carbocycles. The van der Waals surface area contributed by atoms with Crippen molar-refractivity contribution in [3.8, 4) is 17.0 Å². The number of hydrogen-bond donors (Lipinski definition) is 0. The molecule has 7 heteroatoms. The lowest BCUT2D eigenvalue weighted by Crippen LogP contribution is -2.31. The lowest BCUT2D eigenvalue weighted by Gasteiger charge is -2.23. The van der Waals surface area contributed by atoms with Crippen molar-refractivity contribution in [1.82, 2.24) is 19.7 Å². The molecule has 0 aromatic carbocycles. The quantitative estimate of drug-likeness (QED) is 0.584. The lowest BCUT2D eigenvalue weighted by molar-refractivity contribution is 0.0981. The first-order chi connectivity index (χ1) is 14.9. The van der Waals surface area contributed by atoms with Crippen LogP contribution in [-0.2, 0) is 18.4 Å². The number of aromatic nitrogens is 3. The normalized spacial score (nSPS) is 15.5. The fourth-order valence-corrected chi connectivity index (χ4v) is 3.94. The predicted octanol–water partition coefficient (Wildman–Crippen LogP) is 5.12. The molecule has 2 aromatic rings. The van der Waals surface area contributed by atoms with Crippen molar-refractivity contribution in [2.75, 3.05) is 13.6 Å². The van der Waals surface area contributed by atoms with E-state index in [1.54, 1.807) is 22.8 Å². The van der Waals surface area contributed by atoms with Gasteiger partial charge in [-0.15, -0.1) is 0 Å². The van der Waals surface area contributed by atoms with Crippen molar-refractivity contribution >= 4 is 6.09 Å². The van der Waals surface area contributed by atoms with E-state index in [4.69, 9.17) is 14.5 Å². The van der Waals surface area contributed by atoms with Gasteiger partial charge in [-0.3, -0.25) is 4.68 Å². The first-order valence-corrected chi connectivity index (χ1v) is 11.4. The van der Waals surface area contributed by atoms with Gasteiger partial charge >= 0.3 is 6.09 Å². The van der Waals surface area contributed by atoms with Gasteiger partial charge in [0.1, 0.15) is 12.4 Å². The van der Waals surface area contributed by atoms with Crippen LogP contribution >= 0.6 is 0 Å². The standard InChI is InChI=1S/C24H36N4O3/c1-6-17(2)15-27(4)24(29)30-16-22-20(14-25-28(22)5)21-12-13-23(18(3)26-21)31-19-10-8-7-9-11-19/h12-14,17,19H,6-11,15-16H2,1-5H3/t17-/m0/s1. The molecule has 0 aliphatic heterocycles. The van der Waals surface area contributed by atoms with Gasteiger partial charge in [0.25, 0.3) is 0 Å². The second kappa shape index (κ2) is 10.6. The molecule has 0 saturated heterocycles. The third-order valence-electron chi connectivity index (χ3n) is 6.15. The molecule has 1 aliphatic carbocycles. The van der Waals surface area contributed by atoms with Crippen molar-refractivity contribution in [1.29, 1.82) is 0 Å². The molecule has 1 amide bonds. The summed E-state index contributed by atoms with van der Waals surface area (Å²) in [6.07, 6.45) is 8.77. The minimum atomic E-state index is -0.326. The number of ether oxygens (including phenoxy) is 2. The first-order valence-electron chi connectivity index (χ1n) is 11.4. The average Bonchev–Trinajstić information content (AvgIpc) is 3.14. The summed E-state index contributed by atoms with van der Waals surface area (Å²) in [5.74, 6) is 1.28. The Morgan fingerprint density at radius 3 is 2.71 bits per heavy atom. The van der Waals surface area contributed by atoms with E-state index in [1.807, 2.05) is 26.1 Å². The Morgan fingerprint density at radius 1 is 1.29 bits per heavy atom. The SMILES string of the molecule is CC[C@H](C)CN(C)C(=O)OCc1c(-c2ccc(OC3CCCCC3)c(C)n2)cnn1C. The van der Waals surface area contributed by atoms with Gasteiger partial charge in [0.2, 0.25) is 0 Å². The topological polar surface area (TPSA) is 69.5 Å². The van der Waals surface area contributed by atoms with Crippen LogP contribution in [-0.4, -0.2) is 45.5 Å². The van der Waals surface area contributed by atoms with Crippen LogP contribution in [0.5, 0.6) is 5.75 Å². The first kappa shape index (κ1) is 23.1. The van der Waals surface area contributed by atoms with Crippen molar-refractivity contribution in [2.45, 2.75) is 72.0 Å². The van der Waals surface area contributed by atoms with E-state index in [2.05, 4.69) is 18.9 Å². The predicted molar refractivity (Wildman–Crippen MR) is 121 cm³/mol. The third kappa shape index (κ3) is 5.99. The van der Waals surface area contributed by atoms with Crippen molar-refractivity contribution in [3.63, 3.8) is 0 Å². The molecule has 3 rings (SSSR count). The number of rotatable bonds is 8. The molecule has 2 aromatic heterocycles. The van der Waals surface area contributed by atoms with E-state index in [-0.39, 0.29) is 12.7 Å². The summed E-state index contributed by atoms with van der Waals surface area (Å²) in [4.78, 5) is 18.8. The lowest BCUT2D eigenvalue weighted by atomic mass is 9.98. The van der Waals surface area contributed by atoms with E-state index < -0.39 is 0 Å². The largest absolute Gasteiger partial charge is 0.489 e. The monoisotopic (exact) mass is 428 g/mol. The Hall–Kier alpha value is -2.57. The number of pyridine rings is 1. The molecule has 0 radical (unpaired) electrons. The van der Waals surface area contributed by atoms with Gasteiger partial charge in [-0.05, 0) is 50.7 Å². The zero-order chi connectivity index (χ0) is 22.4. The molecular formula is C24H36N4O3. The van der Waals surface area contributed by atoms with Gasteiger partial charge in [0, 0.05) is 26.2 Å². The summed E-state index contributed by atoms with van der Waals surface area (Å²) < 4.78 is 13.5. The number of carbonyl (C=O) groups excluding carboxylic acids is 1. The van der Waals surface area contributed by atoms with Crippen LogP contribution in [0, 0.1) is 12.8 Å². The van der Waals surface area contributed by atoms with Gasteiger partial charge in [-0.25, -0.2) is 9.78 Å². The van der Waals surface area contributed by atoms with Crippen LogP contribution in [0.3, 0.4) is 0 Å². The Bertz CT molecular complexity index is 874. The molecule has 7 nitrogen and oxygen atoms in total. The van der Waals surface area contributed by atoms with Gasteiger partial charge in [0.15, 0.2) is 0 Å². The second-order valence-electron chi connectivity index (χ2n) is 8.73. The fraction of sp³-hybridized carbons (Fsp3) is 0.625. The molecule has 0 N–H and O–H groups in total. The molecule has 0 bridgehead atoms. The van der Waals surface area contributed by atoms with Crippen LogP contribution in [0.1, 0.15) is 63.8 Å². The zero-order valence-corrected chi connectivity index (χ0v) is 19.6. The van der Waals surface area contributed by atoms with Gasteiger partial charge < -0.3 is 14.4 Å². The van der Waals surface area contributed by atoms with Crippen LogP contribution < -0.4 is 4.74 Å². The molecule has 2 heterocycles. The van der Waals surface area contributed by atoms with Crippen molar-refractivity contribution < 1.29 is 14.3 Å². The summed E-state index contributed by atoms with van der Waals surface area (Å²) in [6, 6.07) is 3.96. The zero-order valence-electron chi connectivity index (χ0n) is 19.6. The average molecular weight is 429 g/mol. The molecule has 0 unspecified atom stereocenters. The molecule has 31 heavy (non-hydrogen) atoms. The maximum absolute atomic E-state index is 12.4. The number of nitrogens with zero attached hydrogens (tertiary/aromatic N) is 4. The van der Waals surface area contributed by atoms with Crippen LogP contribution in [0.2, 0.25) is 0 Å². The van der Waals surface area contributed by atoms with E-state index in [0.29, 0.717) is 18.6 Å². The highest BCUT2D eigenvalue weighted by atomic mass is 16.6. The summed E-state index contributed by atoms with van der Waals surface area (Å²) >= 11 is 0. The minimum Gasteiger partial charge on any atom is -0.489 e. The Morgan fingerprint density at radius 2 is 2.03 bits per heavy atom. The number of amides is 1. The molecule has 0 spiro atoms. The fourth-order valence-electron chi connectivity index (χ4n) is 3.94. The number of hydrogen-bond acceptors (Lipinski definition) is 5. The maximum atomic E-state index is 12.4. The second-order valence-corrected chi connectivity index (χ2v) is 8.73. The van der Waals surface area contributed by atoms with Gasteiger partial charge in [-0.2, -0.15) is 5.10 Å². The molecule has 1 aliphatic rings. The van der Waals surface area contributed by atoms with E-state index >= 15 is 0 Å². The van der Waals surface area contributed by atoms with Crippen molar-refractivity contribution in [2.24, 2.45) is 13.0 Å². The Labute approximate surface area is 185 Å². The van der Waals surface area contributed by atoms with Crippen LogP contribution in [0.15, 0.2) is 18.3 Å². The van der Waals surface area contributed by atoms with Crippen LogP contribution in [0.4, 0.5) is 4.79 Å². The third-order valence-corrected chi connectivity index (χ3v) is 6.15. The Balaban J connectivity index is 1.68. The van der Waals surface area contributed by atoms with Gasteiger partial charge in [-0.1, -0.05) is 26.7 Å². The number of carbonyl (C=O) groups is 1. The summed E-state index contributed by atoms with van der Waals surface area (Å²) in [5, 5.41) is 4.36. The molecule has 1 fully saturated rings. The number of aryl methyl sites for hydroxylation is 2. The summed E-state index contributed by atoms with van der Waals surface area (Å²) in [7, 11) is 3.62. The van der Waals surface area contributed by atoms with Gasteiger partial charge in [0.05, 0.1) is 29.4 Å².